The van der Waals surface area contributed by atoms with Gasteiger partial charge in [-0.2, -0.15) is 0 Å². The zero-order valence-corrected chi connectivity index (χ0v) is 6.17. The number of rotatable bonds is 1. The van der Waals surface area contributed by atoms with Gasteiger partial charge in [0.05, 0.1) is 0 Å². The Morgan fingerprint density at radius 2 is 1.50 bits per heavy atom. The number of nitrogens with two attached hydrogens (primary N) is 2. The van der Waals surface area contributed by atoms with Gasteiger partial charge in [0.15, 0.2) is 0 Å². The van der Waals surface area contributed by atoms with E-state index in [0.29, 0.717) is 0 Å². The van der Waals surface area contributed by atoms with E-state index < -0.39 is 12.6 Å². The van der Waals surface area contributed by atoms with Crippen molar-refractivity contribution < 1.29 is 36.1 Å². The van der Waals surface area contributed by atoms with Crippen LogP contribution in [-0.4, -0.2) is 12.6 Å². The molecule has 8 heavy (non-hydrogen) atoms. The molecule has 0 aliphatic rings. The second-order valence-corrected chi connectivity index (χ2v) is 0.516. The van der Waals surface area contributed by atoms with Gasteiger partial charge < -0.3 is 27.3 Å². The van der Waals surface area contributed by atoms with E-state index in [2.05, 4.69) is 0 Å². The fourth-order valence-electron chi connectivity index (χ4n) is 0. The summed E-state index contributed by atoms with van der Waals surface area (Å²) >= 11 is 0. The first-order valence-electron chi connectivity index (χ1n) is 1.05. The first-order valence-corrected chi connectivity index (χ1v) is 1.05. The van der Waals surface area contributed by atoms with Crippen molar-refractivity contribution in [1.82, 2.24) is 0 Å². The fourth-order valence-corrected chi connectivity index (χ4v) is 0. The quantitative estimate of drug-likeness (QED) is 0.585. The van der Waals surface area contributed by atoms with Gasteiger partial charge in [-0.1, -0.05) is 6.61 Å². The smallest absolute Gasteiger partial charge is 0.850 e. The minimum atomic E-state index is -1.55. The zero-order valence-electron chi connectivity index (χ0n) is 3.90. The third kappa shape index (κ3) is 36.9. The van der Waals surface area contributed by atoms with Gasteiger partial charge >= 0.3 is 21.1 Å². The first kappa shape index (κ1) is 24.4. The van der Waals surface area contributed by atoms with E-state index in [9.17, 15) is 0 Å². The molecule has 5 nitrogen and oxygen atoms in total. The molecular formula is C2H6N2O3Pt. The summed E-state index contributed by atoms with van der Waals surface area (Å²) in [7, 11) is 0. The maximum absolute atomic E-state index is 8.97. The van der Waals surface area contributed by atoms with Crippen LogP contribution < -0.4 is 10.2 Å². The third-order valence-corrected chi connectivity index (χ3v) is 0.118. The number of aliphatic carboxylic acids is 1. The molecule has 0 aliphatic heterocycles. The number of carboxylic acid groups (broad SMARTS) is 1. The van der Waals surface area contributed by atoms with Gasteiger partial charge in [-0.05, 0) is 0 Å². The van der Waals surface area contributed by atoms with Crippen molar-refractivity contribution in [2.45, 2.75) is 0 Å². The van der Waals surface area contributed by atoms with E-state index in [1.54, 1.807) is 0 Å². The monoisotopic (exact) mass is 301 g/mol. The van der Waals surface area contributed by atoms with E-state index >= 15 is 0 Å². The number of carbonyl (C=O) groups excluding carboxylic acids is 1. The van der Waals surface area contributed by atoms with Crippen LogP contribution >= 0.6 is 0 Å². The van der Waals surface area contributed by atoms with Crippen molar-refractivity contribution in [1.29, 1.82) is 0 Å². The van der Waals surface area contributed by atoms with Gasteiger partial charge in [0, 0.05) is 5.97 Å². The van der Waals surface area contributed by atoms with Crippen LogP contribution in [-0.2, 0) is 25.9 Å². The molecule has 4 N–H and O–H groups in total. The van der Waals surface area contributed by atoms with Crippen molar-refractivity contribution in [2.24, 2.45) is 0 Å². The Bertz CT molecular complexity index is 50.5. The molecular weight excluding hydrogens is 295 g/mol. The predicted octanol–water partition coefficient (Wildman–Crippen LogP) is -1.47. The molecule has 0 aliphatic carbocycles. The Morgan fingerprint density at radius 1 is 1.38 bits per heavy atom. The zero-order chi connectivity index (χ0) is 4.28. The summed E-state index contributed by atoms with van der Waals surface area (Å²) < 4.78 is 0. The number of hydrogen-bond acceptors (Lipinski definition) is 3. The van der Waals surface area contributed by atoms with Crippen LogP contribution in [0.3, 0.4) is 0 Å². The van der Waals surface area contributed by atoms with Crippen molar-refractivity contribution in [3.8, 4) is 0 Å². The van der Waals surface area contributed by atoms with Crippen LogP contribution in [0, 0.1) is 0 Å². The molecule has 0 bridgehead atoms. The second kappa shape index (κ2) is 15.7. The van der Waals surface area contributed by atoms with Crippen LogP contribution in [0.4, 0.5) is 0 Å². The van der Waals surface area contributed by atoms with Crippen LogP contribution in [0.15, 0.2) is 0 Å². The average molecular weight is 301 g/mol. The molecule has 0 radical (unpaired) electrons. The Kier molecular flexibility index (Phi) is 48.0. The van der Waals surface area contributed by atoms with Gasteiger partial charge in [0.2, 0.25) is 0 Å². The van der Waals surface area contributed by atoms with E-state index in [-0.39, 0.29) is 33.4 Å². The molecule has 0 rings (SSSR count). The molecule has 0 unspecified atom stereocenters. The first-order chi connectivity index (χ1) is 2.27. The topological polar surface area (TPSA) is 130 Å². The summed E-state index contributed by atoms with van der Waals surface area (Å²) in [6, 6.07) is 0. The van der Waals surface area contributed by atoms with Crippen LogP contribution in [0.5, 0.6) is 0 Å². The van der Waals surface area contributed by atoms with Gasteiger partial charge in [0.25, 0.3) is 0 Å². The number of carbonyl (C=O) groups is 1. The fraction of sp³-hybridized carbons (Fsp3) is 0.500. The molecule has 0 saturated carbocycles. The van der Waals surface area contributed by atoms with E-state index in [0.717, 1.165) is 0 Å². The van der Waals surface area contributed by atoms with Crippen LogP contribution in [0.2, 0.25) is 0 Å². The second-order valence-electron chi connectivity index (χ2n) is 0.516. The number of carboxylic acids is 1. The minimum Gasteiger partial charge on any atom is -0.850 e. The summed E-state index contributed by atoms with van der Waals surface area (Å²) in [5.74, 6) is -1.55. The molecule has 0 atom stereocenters. The SMILES string of the molecule is O=C([O-])C[O-].[NH2-].[NH2-].[Pt+4]. The summed E-state index contributed by atoms with van der Waals surface area (Å²) in [6.07, 6.45) is 0. The molecule has 0 saturated heterocycles. The molecule has 0 spiro atoms. The standard InChI is InChI=1S/C2H3O3.2H2N.Pt/c3-1-2(4)5;;;/h1H2,(H,4,5);2*1H2;/q3*-1;+4/p-1. The van der Waals surface area contributed by atoms with E-state index in [4.69, 9.17) is 15.0 Å². The molecule has 0 heterocycles. The van der Waals surface area contributed by atoms with Crippen molar-refractivity contribution in [3.63, 3.8) is 0 Å². The van der Waals surface area contributed by atoms with E-state index in [1.165, 1.54) is 0 Å². The van der Waals surface area contributed by atoms with Gasteiger partial charge in [-0.25, -0.2) is 0 Å². The van der Waals surface area contributed by atoms with Crippen molar-refractivity contribution in [3.05, 3.63) is 12.3 Å². The molecule has 0 fully saturated rings. The average Bonchev–Trinajstić information content (AvgIpc) is 1.38. The molecule has 6 heteroatoms. The Morgan fingerprint density at radius 3 is 1.50 bits per heavy atom. The third-order valence-electron chi connectivity index (χ3n) is 0.118. The van der Waals surface area contributed by atoms with Gasteiger partial charge in [-0.3, -0.25) is 0 Å². The Balaban J connectivity index is -0.0000000267. The van der Waals surface area contributed by atoms with Crippen LogP contribution in [0.25, 0.3) is 12.3 Å². The molecule has 0 aromatic rings. The van der Waals surface area contributed by atoms with E-state index in [1.807, 2.05) is 0 Å². The maximum Gasteiger partial charge on any atom is 4.00 e. The normalized spacial score (nSPS) is 4.62. The summed E-state index contributed by atoms with van der Waals surface area (Å²) in [4.78, 5) is 8.94. The van der Waals surface area contributed by atoms with Crippen molar-refractivity contribution in [2.75, 3.05) is 6.61 Å². The largest absolute Gasteiger partial charge is 4.00 e. The Hall–Kier alpha value is 0.0383. The van der Waals surface area contributed by atoms with Gasteiger partial charge in [-0.15, -0.1) is 0 Å². The molecule has 0 aromatic heterocycles. The summed E-state index contributed by atoms with van der Waals surface area (Å²) in [6.45, 7) is -1.14. The summed E-state index contributed by atoms with van der Waals surface area (Å²) in [5, 5.41) is 17.9. The predicted molar refractivity (Wildman–Crippen MR) is 20.4 cm³/mol. The molecule has 0 amide bonds. The maximum atomic E-state index is 8.97. The summed E-state index contributed by atoms with van der Waals surface area (Å²) in [5.41, 5.74) is 0. The molecule has 0 aromatic carbocycles. The van der Waals surface area contributed by atoms with Crippen LogP contribution in [0.1, 0.15) is 0 Å². The Labute approximate surface area is 61.5 Å². The minimum absolute atomic E-state index is 0. The van der Waals surface area contributed by atoms with Crippen molar-refractivity contribution >= 4 is 5.97 Å². The molecule has 52 valence electrons. The number of hydrogen-bond donors (Lipinski definition) is 0. The van der Waals surface area contributed by atoms with Gasteiger partial charge in [0.1, 0.15) is 0 Å².